The van der Waals surface area contributed by atoms with E-state index in [0.29, 0.717) is 18.7 Å². The molecule has 0 spiro atoms. The van der Waals surface area contributed by atoms with Crippen LogP contribution in [0.1, 0.15) is 18.1 Å². The molecule has 0 atom stereocenters. The molecule has 0 aliphatic rings. The van der Waals surface area contributed by atoms with Crippen LogP contribution in [0.4, 0.5) is 0 Å². The smallest absolute Gasteiger partial charge is 0.276 e. The lowest BCUT2D eigenvalue weighted by atomic mass is 10.1. The van der Waals surface area contributed by atoms with Crippen molar-refractivity contribution in [2.75, 3.05) is 6.61 Å². The molecule has 28 heavy (non-hydrogen) atoms. The van der Waals surface area contributed by atoms with E-state index >= 15 is 0 Å². The van der Waals surface area contributed by atoms with Gasteiger partial charge in [0.2, 0.25) is 0 Å². The molecule has 140 valence electrons. The van der Waals surface area contributed by atoms with Gasteiger partial charge in [-0.2, -0.15) is 5.10 Å². The van der Waals surface area contributed by atoms with E-state index in [2.05, 4.69) is 11.7 Å². The van der Waals surface area contributed by atoms with E-state index in [4.69, 9.17) is 4.74 Å². The highest BCUT2D eigenvalue weighted by atomic mass is 16.5. The SMILES string of the molecule is C=Cc1ccc(Cn2ccn3nc(-c4ccc(OCC)cc4)cc3c2=O)cc1. The van der Waals surface area contributed by atoms with Gasteiger partial charge in [0.05, 0.1) is 18.8 Å². The van der Waals surface area contributed by atoms with Crippen molar-refractivity contribution in [2.24, 2.45) is 0 Å². The molecule has 4 aromatic rings. The monoisotopic (exact) mass is 371 g/mol. The largest absolute Gasteiger partial charge is 0.494 e. The Morgan fingerprint density at radius 1 is 1.07 bits per heavy atom. The second-order valence-electron chi connectivity index (χ2n) is 6.49. The number of benzene rings is 2. The van der Waals surface area contributed by atoms with Gasteiger partial charge in [-0.15, -0.1) is 0 Å². The molecule has 0 fully saturated rings. The van der Waals surface area contributed by atoms with Crippen molar-refractivity contribution >= 4 is 11.6 Å². The highest BCUT2D eigenvalue weighted by Crippen LogP contribution is 2.22. The maximum atomic E-state index is 12.9. The van der Waals surface area contributed by atoms with Crippen LogP contribution >= 0.6 is 0 Å². The van der Waals surface area contributed by atoms with Crippen LogP contribution in [-0.4, -0.2) is 20.8 Å². The van der Waals surface area contributed by atoms with Crippen molar-refractivity contribution in [2.45, 2.75) is 13.5 Å². The van der Waals surface area contributed by atoms with Crippen LogP contribution < -0.4 is 10.3 Å². The summed E-state index contributed by atoms with van der Waals surface area (Å²) in [5.74, 6) is 0.819. The van der Waals surface area contributed by atoms with Crippen LogP contribution in [0, 0.1) is 0 Å². The van der Waals surface area contributed by atoms with Crippen LogP contribution in [-0.2, 0) is 6.54 Å². The fourth-order valence-corrected chi connectivity index (χ4v) is 3.14. The molecule has 0 unspecified atom stereocenters. The lowest BCUT2D eigenvalue weighted by Crippen LogP contribution is -2.21. The van der Waals surface area contributed by atoms with Crippen LogP contribution in [0.25, 0.3) is 22.9 Å². The minimum atomic E-state index is -0.0695. The summed E-state index contributed by atoms with van der Waals surface area (Å²) in [7, 11) is 0. The molecule has 0 aliphatic heterocycles. The standard InChI is InChI=1S/C23H21N3O2/c1-3-17-5-7-18(8-6-17)16-25-13-14-26-22(23(25)27)15-21(24-26)19-9-11-20(12-10-19)28-4-2/h3,5-15H,1,4,16H2,2H3. The van der Waals surface area contributed by atoms with Gasteiger partial charge in [0.25, 0.3) is 5.56 Å². The predicted molar refractivity (Wildman–Crippen MR) is 112 cm³/mol. The topological polar surface area (TPSA) is 48.5 Å². The molecule has 0 aliphatic carbocycles. The van der Waals surface area contributed by atoms with Crippen molar-refractivity contribution < 1.29 is 4.74 Å². The van der Waals surface area contributed by atoms with E-state index in [1.54, 1.807) is 21.4 Å². The van der Waals surface area contributed by atoms with Crippen LogP contribution in [0.2, 0.25) is 0 Å². The number of fused-ring (bicyclic) bond motifs is 1. The van der Waals surface area contributed by atoms with Gasteiger partial charge in [0.1, 0.15) is 11.3 Å². The average molecular weight is 371 g/mol. The van der Waals surface area contributed by atoms with Crippen molar-refractivity contribution in [1.29, 1.82) is 0 Å². The Kier molecular flexibility index (Phi) is 4.81. The first-order valence-corrected chi connectivity index (χ1v) is 9.21. The Morgan fingerprint density at radius 3 is 2.50 bits per heavy atom. The van der Waals surface area contributed by atoms with Gasteiger partial charge in [-0.05, 0) is 48.4 Å². The predicted octanol–water partition coefficient (Wildman–Crippen LogP) is 4.25. The van der Waals surface area contributed by atoms with Crippen molar-refractivity contribution in [3.8, 4) is 17.0 Å². The van der Waals surface area contributed by atoms with Gasteiger partial charge in [-0.1, -0.05) is 36.9 Å². The summed E-state index contributed by atoms with van der Waals surface area (Å²) in [6, 6.07) is 17.6. The molecular formula is C23H21N3O2. The van der Waals surface area contributed by atoms with Gasteiger partial charge in [-0.3, -0.25) is 4.79 Å². The first-order valence-electron chi connectivity index (χ1n) is 9.21. The van der Waals surface area contributed by atoms with Crippen LogP contribution in [0.5, 0.6) is 5.75 Å². The molecule has 0 amide bonds. The summed E-state index contributed by atoms with van der Waals surface area (Å²) >= 11 is 0. The van der Waals surface area contributed by atoms with Crippen molar-refractivity contribution in [1.82, 2.24) is 14.2 Å². The minimum absolute atomic E-state index is 0.0695. The molecule has 0 radical (unpaired) electrons. The van der Waals surface area contributed by atoms with Gasteiger partial charge in [-0.25, -0.2) is 4.52 Å². The minimum Gasteiger partial charge on any atom is -0.494 e. The molecular weight excluding hydrogens is 350 g/mol. The zero-order chi connectivity index (χ0) is 19.5. The number of hydrogen-bond donors (Lipinski definition) is 0. The maximum absolute atomic E-state index is 12.9. The number of nitrogens with zero attached hydrogens (tertiary/aromatic N) is 3. The second-order valence-corrected chi connectivity index (χ2v) is 6.49. The maximum Gasteiger partial charge on any atom is 0.276 e. The molecule has 0 saturated carbocycles. The molecule has 2 heterocycles. The van der Waals surface area contributed by atoms with Gasteiger partial charge in [0, 0.05) is 18.0 Å². The van der Waals surface area contributed by atoms with E-state index in [0.717, 1.165) is 28.1 Å². The highest BCUT2D eigenvalue weighted by Gasteiger charge is 2.10. The molecule has 2 aromatic carbocycles. The number of hydrogen-bond acceptors (Lipinski definition) is 3. The molecule has 4 rings (SSSR count). The molecule has 2 aromatic heterocycles. The lowest BCUT2D eigenvalue weighted by Gasteiger charge is -2.06. The Hall–Kier alpha value is -3.60. The van der Waals surface area contributed by atoms with Crippen molar-refractivity contribution in [3.05, 3.63) is 95.1 Å². The van der Waals surface area contributed by atoms with Gasteiger partial charge in [0.15, 0.2) is 0 Å². The van der Waals surface area contributed by atoms with Gasteiger partial charge < -0.3 is 9.30 Å². The normalized spacial score (nSPS) is 10.9. The summed E-state index contributed by atoms with van der Waals surface area (Å²) in [4.78, 5) is 12.9. The molecule has 5 nitrogen and oxygen atoms in total. The van der Waals surface area contributed by atoms with E-state index < -0.39 is 0 Å². The third-order valence-corrected chi connectivity index (χ3v) is 4.63. The second kappa shape index (κ2) is 7.56. The lowest BCUT2D eigenvalue weighted by molar-refractivity contribution is 0.340. The fourth-order valence-electron chi connectivity index (χ4n) is 3.14. The number of rotatable bonds is 6. The highest BCUT2D eigenvalue weighted by molar-refractivity contribution is 5.66. The zero-order valence-corrected chi connectivity index (χ0v) is 15.7. The first-order chi connectivity index (χ1) is 13.7. The summed E-state index contributed by atoms with van der Waals surface area (Å²) in [6.07, 6.45) is 5.38. The van der Waals surface area contributed by atoms with Crippen LogP contribution in [0.3, 0.4) is 0 Å². The Labute approximate surface area is 163 Å². The van der Waals surface area contributed by atoms with E-state index in [-0.39, 0.29) is 5.56 Å². The van der Waals surface area contributed by atoms with E-state index in [1.807, 2.05) is 67.7 Å². The Morgan fingerprint density at radius 2 is 1.82 bits per heavy atom. The Balaban J connectivity index is 1.65. The van der Waals surface area contributed by atoms with Crippen LogP contribution in [0.15, 0.2) is 78.4 Å². The first kappa shape index (κ1) is 17.8. The summed E-state index contributed by atoms with van der Waals surface area (Å²) < 4.78 is 8.80. The fraction of sp³-hybridized carbons (Fsp3) is 0.130. The summed E-state index contributed by atoms with van der Waals surface area (Å²) in [6.45, 7) is 6.85. The van der Waals surface area contributed by atoms with E-state index in [1.165, 1.54) is 0 Å². The Bertz CT molecular complexity index is 1170. The quantitative estimate of drug-likeness (QED) is 0.509. The summed E-state index contributed by atoms with van der Waals surface area (Å²) in [5, 5.41) is 4.54. The number of ether oxygens (including phenoxy) is 1. The molecule has 0 bridgehead atoms. The molecule has 5 heteroatoms. The summed E-state index contributed by atoms with van der Waals surface area (Å²) in [5.41, 5.74) is 4.30. The third kappa shape index (κ3) is 3.47. The van der Waals surface area contributed by atoms with Crippen molar-refractivity contribution in [3.63, 3.8) is 0 Å². The molecule has 0 N–H and O–H groups in total. The molecule has 0 saturated heterocycles. The average Bonchev–Trinajstić information content (AvgIpc) is 3.17. The third-order valence-electron chi connectivity index (χ3n) is 4.63. The van der Waals surface area contributed by atoms with E-state index in [9.17, 15) is 4.79 Å². The van der Waals surface area contributed by atoms with Gasteiger partial charge >= 0.3 is 0 Å². The number of aromatic nitrogens is 3. The zero-order valence-electron chi connectivity index (χ0n) is 15.7.